The molecule has 0 radical (unpaired) electrons. The number of morpholine rings is 1. The first kappa shape index (κ1) is 11.9. The van der Waals surface area contributed by atoms with Crippen LogP contribution in [0.15, 0.2) is 0 Å². The summed E-state index contributed by atoms with van der Waals surface area (Å²) in [6.07, 6.45) is 2.17. The molecule has 2 fully saturated rings. The summed E-state index contributed by atoms with van der Waals surface area (Å²) in [7, 11) is 0. The molecule has 16 heavy (non-hydrogen) atoms. The van der Waals surface area contributed by atoms with Crippen LogP contribution in [0, 0.1) is 5.92 Å². The fourth-order valence-electron chi connectivity index (χ4n) is 2.38. The molecule has 1 unspecified atom stereocenters. The van der Waals surface area contributed by atoms with E-state index >= 15 is 0 Å². The van der Waals surface area contributed by atoms with Crippen LogP contribution >= 0.6 is 0 Å². The van der Waals surface area contributed by atoms with Crippen LogP contribution in [0.5, 0.6) is 0 Å². The number of rotatable bonds is 2. The summed E-state index contributed by atoms with van der Waals surface area (Å²) < 4.78 is 5.42. The third-order valence-corrected chi connectivity index (χ3v) is 3.78. The van der Waals surface area contributed by atoms with E-state index in [-0.39, 0.29) is 11.4 Å². The third-order valence-electron chi connectivity index (χ3n) is 3.78. The maximum Gasteiger partial charge on any atom is 0.243 e. The van der Waals surface area contributed by atoms with E-state index in [0.717, 1.165) is 12.8 Å². The van der Waals surface area contributed by atoms with E-state index in [2.05, 4.69) is 0 Å². The highest BCUT2D eigenvalue weighted by Gasteiger charge is 2.48. The molecule has 0 aromatic rings. The van der Waals surface area contributed by atoms with Gasteiger partial charge in [0.1, 0.15) is 0 Å². The van der Waals surface area contributed by atoms with Crippen molar-refractivity contribution in [3.05, 3.63) is 0 Å². The molecular weight excluding hydrogens is 204 g/mol. The molecule has 2 aliphatic rings. The molecule has 2 N–H and O–H groups in total. The number of amides is 1. The lowest BCUT2D eigenvalue weighted by atomic mass is 9.91. The highest BCUT2D eigenvalue weighted by atomic mass is 16.5. The van der Waals surface area contributed by atoms with Crippen LogP contribution in [0.1, 0.15) is 33.6 Å². The third kappa shape index (κ3) is 1.96. The fraction of sp³-hybridized carbons (Fsp3) is 0.917. The number of hydrogen-bond donors (Lipinski definition) is 1. The molecule has 4 nitrogen and oxygen atoms in total. The summed E-state index contributed by atoms with van der Waals surface area (Å²) in [6.45, 7) is 7.82. The van der Waals surface area contributed by atoms with Gasteiger partial charge in [-0.05, 0) is 39.5 Å². The zero-order chi connectivity index (χ0) is 12.0. The summed E-state index contributed by atoms with van der Waals surface area (Å²) in [5.74, 6) is 0.460. The minimum Gasteiger partial charge on any atom is -0.377 e. The van der Waals surface area contributed by atoms with Crippen molar-refractivity contribution >= 4 is 5.91 Å². The van der Waals surface area contributed by atoms with Crippen LogP contribution in [0.3, 0.4) is 0 Å². The maximum absolute atomic E-state index is 12.5. The van der Waals surface area contributed by atoms with Crippen LogP contribution in [-0.4, -0.2) is 41.6 Å². The highest BCUT2D eigenvalue weighted by molar-refractivity contribution is 5.87. The van der Waals surface area contributed by atoms with Crippen molar-refractivity contribution in [2.45, 2.75) is 44.7 Å². The smallest absolute Gasteiger partial charge is 0.243 e. The molecule has 1 amide bonds. The van der Waals surface area contributed by atoms with Crippen LogP contribution in [-0.2, 0) is 9.53 Å². The maximum atomic E-state index is 12.5. The number of nitrogens with zero attached hydrogens (tertiary/aromatic N) is 1. The zero-order valence-electron chi connectivity index (χ0n) is 10.5. The van der Waals surface area contributed by atoms with Crippen molar-refractivity contribution in [1.29, 1.82) is 0 Å². The second-order valence-electron chi connectivity index (χ2n) is 5.88. The lowest BCUT2D eigenvalue weighted by Crippen LogP contribution is -2.64. The number of nitrogens with two attached hydrogens (primary N) is 1. The highest BCUT2D eigenvalue weighted by Crippen LogP contribution is 2.40. The molecule has 1 heterocycles. The van der Waals surface area contributed by atoms with Crippen molar-refractivity contribution in [1.82, 2.24) is 4.90 Å². The molecule has 1 saturated heterocycles. The van der Waals surface area contributed by atoms with E-state index in [4.69, 9.17) is 10.5 Å². The largest absolute Gasteiger partial charge is 0.377 e. The Labute approximate surface area is 97.1 Å². The molecule has 1 atom stereocenters. The predicted octanol–water partition coefficient (Wildman–Crippen LogP) is 0.751. The van der Waals surface area contributed by atoms with E-state index in [9.17, 15) is 4.79 Å². The van der Waals surface area contributed by atoms with Gasteiger partial charge in [-0.2, -0.15) is 0 Å². The van der Waals surface area contributed by atoms with Crippen molar-refractivity contribution in [2.75, 3.05) is 19.8 Å². The second kappa shape index (κ2) is 3.70. The fourth-order valence-corrected chi connectivity index (χ4v) is 2.38. The number of hydrogen-bond acceptors (Lipinski definition) is 3. The van der Waals surface area contributed by atoms with Crippen LogP contribution in [0.2, 0.25) is 0 Å². The standard InChI is InChI=1S/C12H22N2O2/c1-11(2)8-16-7-6-14(11)10(15)12(3,13)9-4-5-9/h9H,4-8,13H2,1-3H3. The first-order valence-corrected chi connectivity index (χ1v) is 6.04. The molecular formula is C12H22N2O2. The SMILES string of the molecule is CC(N)(C(=O)N1CCOCC1(C)C)C1CC1. The van der Waals surface area contributed by atoms with E-state index in [1.54, 1.807) is 0 Å². The molecule has 2 rings (SSSR count). The summed E-state index contributed by atoms with van der Waals surface area (Å²) >= 11 is 0. The van der Waals surface area contributed by atoms with E-state index < -0.39 is 5.54 Å². The monoisotopic (exact) mass is 226 g/mol. The minimum atomic E-state index is -0.686. The Hall–Kier alpha value is -0.610. The van der Waals surface area contributed by atoms with Crippen molar-refractivity contribution in [3.63, 3.8) is 0 Å². The number of ether oxygens (including phenoxy) is 1. The number of carbonyl (C=O) groups excluding carboxylic acids is 1. The molecule has 0 aromatic carbocycles. The second-order valence-corrected chi connectivity index (χ2v) is 5.88. The van der Waals surface area contributed by atoms with Gasteiger partial charge in [0.2, 0.25) is 5.91 Å². The van der Waals surface area contributed by atoms with Gasteiger partial charge in [0.25, 0.3) is 0 Å². The van der Waals surface area contributed by atoms with Crippen molar-refractivity contribution < 1.29 is 9.53 Å². The summed E-state index contributed by atoms with van der Waals surface area (Å²) in [4.78, 5) is 14.4. The molecule has 0 spiro atoms. The number of carbonyl (C=O) groups is 1. The topological polar surface area (TPSA) is 55.6 Å². The van der Waals surface area contributed by atoms with Crippen molar-refractivity contribution in [3.8, 4) is 0 Å². The molecule has 1 saturated carbocycles. The summed E-state index contributed by atoms with van der Waals surface area (Å²) in [6, 6.07) is 0. The summed E-state index contributed by atoms with van der Waals surface area (Å²) in [5.41, 5.74) is 5.27. The molecule has 0 aromatic heterocycles. The van der Waals surface area contributed by atoms with Gasteiger partial charge >= 0.3 is 0 Å². The predicted molar refractivity (Wildman–Crippen MR) is 61.9 cm³/mol. The first-order valence-electron chi connectivity index (χ1n) is 6.04. The molecule has 1 aliphatic heterocycles. The van der Waals surface area contributed by atoms with Gasteiger partial charge < -0.3 is 15.4 Å². The molecule has 1 aliphatic carbocycles. The Bertz CT molecular complexity index is 295. The average Bonchev–Trinajstić information content (AvgIpc) is 2.99. The van der Waals surface area contributed by atoms with Gasteiger partial charge in [-0.25, -0.2) is 0 Å². The average molecular weight is 226 g/mol. The van der Waals surface area contributed by atoms with Gasteiger partial charge in [0.05, 0.1) is 24.3 Å². The van der Waals surface area contributed by atoms with Crippen molar-refractivity contribution in [2.24, 2.45) is 11.7 Å². The lowest BCUT2D eigenvalue weighted by molar-refractivity contribution is -0.152. The van der Waals surface area contributed by atoms with Gasteiger partial charge in [-0.3, -0.25) is 4.79 Å². The summed E-state index contributed by atoms with van der Waals surface area (Å²) in [5, 5.41) is 0. The molecule has 4 heteroatoms. The van der Waals surface area contributed by atoms with Gasteiger partial charge in [-0.1, -0.05) is 0 Å². The Morgan fingerprint density at radius 1 is 1.50 bits per heavy atom. The van der Waals surface area contributed by atoms with Crippen LogP contribution in [0.25, 0.3) is 0 Å². The van der Waals surface area contributed by atoms with E-state index in [1.807, 2.05) is 25.7 Å². The quantitative estimate of drug-likeness (QED) is 0.756. The van der Waals surface area contributed by atoms with Gasteiger partial charge in [0, 0.05) is 6.54 Å². The Morgan fingerprint density at radius 2 is 2.12 bits per heavy atom. The zero-order valence-corrected chi connectivity index (χ0v) is 10.5. The van der Waals surface area contributed by atoms with E-state index in [0.29, 0.717) is 25.7 Å². The van der Waals surface area contributed by atoms with E-state index in [1.165, 1.54) is 0 Å². The normalized spacial score (nSPS) is 28.6. The molecule has 92 valence electrons. The Morgan fingerprint density at radius 3 is 2.62 bits per heavy atom. The Kier molecular flexibility index (Phi) is 2.75. The van der Waals surface area contributed by atoms with Gasteiger partial charge in [-0.15, -0.1) is 0 Å². The van der Waals surface area contributed by atoms with Gasteiger partial charge in [0.15, 0.2) is 0 Å². The first-order chi connectivity index (χ1) is 7.36. The lowest BCUT2D eigenvalue weighted by Gasteiger charge is -2.45. The minimum absolute atomic E-state index is 0.0864. The molecule has 0 bridgehead atoms. The Balaban J connectivity index is 2.13. The van der Waals surface area contributed by atoms with Crippen LogP contribution < -0.4 is 5.73 Å². The van der Waals surface area contributed by atoms with Crippen LogP contribution in [0.4, 0.5) is 0 Å².